The summed E-state index contributed by atoms with van der Waals surface area (Å²) in [7, 11) is 0. The Morgan fingerprint density at radius 3 is 2.22 bits per heavy atom. The van der Waals surface area contributed by atoms with Crippen LogP contribution >= 0.6 is 11.6 Å². The molecule has 3 nitrogen and oxygen atoms in total. The second-order valence-electron chi connectivity index (χ2n) is 3.67. The van der Waals surface area contributed by atoms with E-state index in [9.17, 15) is 9.90 Å². The highest BCUT2D eigenvalue weighted by atomic mass is 35.5. The number of carboxylic acid groups (broad SMARTS) is 1. The summed E-state index contributed by atoms with van der Waals surface area (Å²) in [5.74, 6) is -1.30. The average molecular weight is 257 g/mol. The van der Waals surface area contributed by atoms with E-state index in [0.29, 0.717) is 5.56 Å². The van der Waals surface area contributed by atoms with Crippen molar-refractivity contribution in [2.45, 2.75) is 0 Å². The van der Waals surface area contributed by atoms with Crippen LogP contribution in [0.4, 0.5) is 0 Å². The van der Waals surface area contributed by atoms with Crippen molar-refractivity contribution in [1.82, 2.24) is 0 Å². The molecule has 0 aliphatic carbocycles. The fourth-order valence-electron chi connectivity index (χ4n) is 1.60. The summed E-state index contributed by atoms with van der Waals surface area (Å²) in [6, 6.07) is 13.6. The maximum absolute atomic E-state index is 10.7. The monoisotopic (exact) mass is 256 g/mol. The van der Waals surface area contributed by atoms with Crippen LogP contribution in [-0.4, -0.2) is 5.97 Å². The minimum absolute atomic E-state index is 0.0333. The Kier molecular flexibility index (Phi) is 3.31. The van der Waals surface area contributed by atoms with Crippen LogP contribution < -0.4 is 5.11 Å². The van der Waals surface area contributed by atoms with E-state index >= 15 is 0 Å². The van der Waals surface area contributed by atoms with Gasteiger partial charge in [0.2, 0.25) is 0 Å². The molecular formula is C14H7ClNO2-. The van der Waals surface area contributed by atoms with Gasteiger partial charge in [0.1, 0.15) is 0 Å². The zero-order valence-corrected chi connectivity index (χ0v) is 9.94. The highest BCUT2D eigenvalue weighted by molar-refractivity contribution is 6.33. The first-order valence-corrected chi connectivity index (χ1v) is 5.51. The van der Waals surface area contributed by atoms with Crippen LogP contribution in [0.15, 0.2) is 42.5 Å². The van der Waals surface area contributed by atoms with Crippen molar-refractivity contribution in [3.63, 3.8) is 0 Å². The van der Waals surface area contributed by atoms with Gasteiger partial charge in [-0.2, -0.15) is 5.26 Å². The predicted octanol–water partition coefficient (Wildman–Crippen LogP) is 2.24. The van der Waals surface area contributed by atoms with Crippen LogP contribution in [-0.2, 0) is 0 Å². The number of hydrogen-bond donors (Lipinski definition) is 0. The number of rotatable bonds is 2. The first-order chi connectivity index (χ1) is 8.61. The molecule has 0 radical (unpaired) electrons. The summed E-state index contributed by atoms with van der Waals surface area (Å²) >= 11 is 5.86. The number of aromatic carboxylic acids is 1. The topological polar surface area (TPSA) is 63.9 Å². The van der Waals surface area contributed by atoms with Gasteiger partial charge in [-0.25, -0.2) is 0 Å². The molecule has 0 fully saturated rings. The third-order valence-corrected chi connectivity index (χ3v) is 2.85. The lowest BCUT2D eigenvalue weighted by atomic mass is 10.0. The van der Waals surface area contributed by atoms with Gasteiger partial charge in [0.15, 0.2) is 0 Å². The maximum atomic E-state index is 10.7. The number of carbonyl (C=O) groups is 1. The second kappa shape index (κ2) is 4.91. The number of hydrogen-bond acceptors (Lipinski definition) is 3. The zero-order chi connectivity index (χ0) is 13.1. The molecule has 88 valence electrons. The van der Waals surface area contributed by atoms with Gasteiger partial charge in [0.05, 0.1) is 22.6 Å². The average Bonchev–Trinajstić information content (AvgIpc) is 2.38. The number of carbonyl (C=O) groups excluding carboxylic acids is 1. The van der Waals surface area contributed by atoms with E-state index in [4.69, 9.17) is 16.9 Å². The maximum Gasteiger partial charge on any atom is 0.0991 e. The van der Waals surface area contributed by atoms with Gasteiger partial charge >= 0.3 is 0 Å². The minimum Gasteiger partial charge on any atom is -0.545 e. The lowest BCUT2D eigenvalue weighted by molar-refractivity contribution is -0.255. The highest BCUT2D eigenvalue weighted by Gasteiger charge is 2.04. The van der Waals surface area contributed by atoms with Crippen LogP contribution in [0, 0.1) is 11.3 Å². The number of halogens is 1. The molecule has 18 heavy (non-hydrogen) atoms. The molecule has 0 aliphatic heterocycles. The molecule has 0 aromatic heterocycles. The molecule has 2 aromatic rings. The largest absolute Gasteiger partial charge is 0.545 e. The van der Waals surface area contributed by atoms with Crippen molar-refractivity contribution in [3.05, 3.63) is 58.6 Å². The van der Waals surface area contributed by atoms with E-state index in [0.717, 1.165) is 11.1 Å². The summed E-state index contributed by atoms with van der Waals surface area (Å²) in [6.45, 7) is 0. The quantitative estimate of drug-likeness (QED) is 0.828. The molecule has 0 bridgehead atoms. The molecule has 0 unspecified atom stereocenters. The van der Waals surface area contributed by atoms with Crippen LogP contribution in [0.3, 0.4) is 0 Å². The Bertz CT molecular complexity index is 642. The minimum atomic E-state index is -1.30. The number of benzene rings is 2. The Morgan fingerprint density at radius 2 is 1.72 bits per heavy atom. The molecule has 0 heterocycles. The summed E-state index contributed by atoms with van der Waals surface area (Å²) in [5.41, 5.74) is 2.18. The van der Waals surface area contributed by atoms with E-state index in [1.807, 2.05) is 6.07 Å². The van der Waals surface area contributed by atoms with E-state index in [-0.39, 0.29) is 10.6 Å². The van der Waals surface area contributed by atoms with Gasteiger partial charge < -0.3 is 9.90 Å². The Morgan fingerprint density at radius 1 is 1.11 bits per heavy atom. The fourth-order valence-corrected chi connectivity index (χ4v) is 1.86. The Labute approximate surface area is 109 Å². The van der Waals surface area contributed by atoms with Crippen molar-refractivity contribution in [3.8, 4) is 17.2 Å². The molecular weight excluding hydrogens is 250 g/mol. The van der Waals surface area contributed by atoms with Gasteiger partial charge in [-0.05, 0) is 29.3 Å². The van der Waals surface area contributed by atoms with Crippen molar-refractivity contribution in [1.29, 1.82) is 5.26 Å². The summed E-state index contributed by atoms with van der Waals surface area (Å²) in [5, 5.41) is 19.6. The highest BCUT2D eigenvalue weighted by Crippen LogP contribution is 2.25. The Balaban J connectivity index is 2.42. The molecule has 0 spiro atoms. The molecule has 0 atom stereocenters. The van der Waals surface area contributed by atoms with Gasteiger partial charge in [-0.3, -0.25) is 0 Å². The number of nitriles is 1. The number of carboxylic acids is 1. The van der Waals surface area contributed by atoms with Gasteiger partial charge in [-0.1, -0.05) is 35.9 Å². The van der Waals surface area contributed by atoms with Crippen LogP contribution in [0.1, 0.15) is 15.9 Å². The van der Waals surface area contributed by atoms with Gasteiger partial charge in [0.25, 0.3) is 0 Å². The molecule has 0 N–H and O–H groups in total. The van der Waals surface area contributed by atoms with Crippen LogP contribution in [0.25, 0.3) is 11.1 Å². The van der Waals surface area contributed by atoms with E-state index in [1.54, 1.807) is 36.4 Å². The van der Waals surface area contributed by atoms with E-state index in [1.165, 1.54) is 6.07 Å². The first kappa shape index (κ1) is 12.2. The number of nitrogens with zero attached hydrogens (tertiary/aromatic N) is 1. The van der Waals surface area contributed by atoms with Crippen molar-refractivity contribution >= 4 is 17.6 Å². The van der Waals surface area contributed by atoms with E-state index in [2.05, 4.69) is 0 Å². The predicted molar refractivity (Wildman–Crippen MR) is 65.9 cm³/mol. The summed E-state index contributed by atoms with van der Waals surface area (Å²) in [6.07, 6.45) is 0. The molecule has 0 amide bonds. The summed E-state index contributed by atoms with van der Waals surface area (Å²) in [4.78, 5) is 10.7. The van der Waals surface area contributed by atoms with Crippen molar-refractivity contribution in [2.24, 2.45) is 0 Å². The zero-order valence-electron chi connectivity index (χ0n) is 9.18. The van der Waals surface area contributed by atoms with Gasteiger partial charge in [-0.15, -0.1) is 0 Å². The summed E-state index contributed by atoms with van der Waals surface area (Å²) < 4.78 is 0. The smallest absolute Gasteiger partial charge is 0.0991 e. The molecule has 4 heteroatoms. The standard InChI is InChI=1S/C14H8ClNO2/c15-13-7-11(5-6-12(13)14(17)18)10-3-1-9(8-16)2-4-10/h1-7H,(H,17,18)/p-1. The van der Waals surface area contributed by atoms with Crippen LogP contribution in [0.2, 0.25) is 5.02 Å². The van der Waals surface area contributed by atoms with Crippen molar-refractivity contribution in [2.75, 3.05) is 0 Å². The molecule has 2 aromatic carbocycles. The lowest BCUT2D eigenvalue weighted by Gasteiger charge is -2.08. The third kappa shape index (κ3) is 2.34. The van der Waals surface area contributed by atoms with Gasteiger partial charge in [0, 0.05) is 5.56 Å². The van der Waals surface area contributed by atoms with E-state index < -0.39 is 5.97 Å². The van der Waals surface area contributed by atoms with Crippen LogP contribution in [0.5, 0.6) is 0 Å². The Hall–Kier alpha value is -2.31. The molecule has 2 rings (SSSR count). The molecule has 0 saturated carbocycles. The second-order valence-corrected chi connectivity index (χ2v) is 4.08. The molecule has 0 aliphatic rings. The third-order valence-electron chi connectivity index (χ3n) is 2.54. The SMILES string of the molecule is N#Cc1ccc(-c2ccc(C(=O)[O-])c(Cl)c2)cc1. The fraction of sp³-hybridized carbons (Fsp3) is 0. The first-order valence-electron chi connectivity index (χ1n) is 5.13. The molecule has 0 saturated heterocycles. The van der Waals surface area contributed by atoms with Crippen molar-refractivity contribution < 1.29 is 9.90 Å². The lowest BCUT2D eigenvalue weighted by Crippen LogP contribution is -2.22. The normalized spacial score (nSPS) is 9.78.